The standard InChI is InChI=1S/C10H19NO4/c12-5-8-14-6-2-4-11-10(13)9-3-1-7-15-9/h9,12H,1-8H2,(H,11,13). The minimum Gasteiger partial charge on any atom is -0.394 e. The van der Waals surface area contributed by atoms with Gasteiger partial charge < -0.3 is 19.9 Å². The second-order valence-corrected chi connectivity index (χ2v) is 3.48. The van der Waals surface area contributed by atoms with Gasteiger partial charge in [-0.05, 0) is 19.3 Å². The monoisotopic (exact) mass is 217 g/mol. The van der Waals surface area contributed by atoms with E-state index in [1.807, 2.05) is 0 Å². The van der Waals surface area contributed by atoms with Crippen molar-refractivity contribution in [3.8, 4) is 0 Å². The summed E-state index contributed by atoms with van der Waals surface area (Å²) in [6.07, 6.45) is 2.31. The highest BCUT2D eigenvalue weighted by molar-refractivity contribution is 5.80. The van der Waals surface area contributed by atoms with Crippen LogP contribution < -0.4 is 5.32 Å². The lowest BCUT2D eigenvalue weighted by atomic mass is 10.2. The highest BCUT2D eigenvalue weighted by Gasteiger charge is 2.22. The third-order valence-electron chi connectivity index (χ3n) is 2.22. The minimum absolute atomic E-state index is 0.0188. The number of aliphatic hydroxyl groups is 1. The fourth-order valence-corrected chi connectivity index (χ4v) is 1.45. The molecule has 1 amide bonds. The summed E-state index contributed by atoms with van der Waals surface area (Å²) in [6, 6.07) is 0. The Kier molecular flexibility index (Phi) is 6.31. The fourth-order valence-electron chi connectivity index (χ4n) is 1.45. The molecule has 1 rings (SSSR count). The van der Waals surface area contributed by atoms with Crippen molar-refractivity contribution in [2.75, 3.05) is 33.0 Å². The second-order valence-electron chi connectivity index (χ2n) is 3.48. The number of hydrogen-bond donors (Lipinski definition) is 2. The van der Waals surface area contributed by atoms with Gasteiger partial charge in [-0.1, -0.05) is 0 Å². The summed E-state index contributed by atoms with van der Waals surface area (Å²) in [5, 5.41) is 11.2. The van der Waals surface area contributed by atoms with Gasteiger partial charge in [-0.3, -0.25) is 4.79 Å². The first-order valence-corrected chi connectivity index (χ1v) is 5.42. The predicted molar refractivity (Wildman–Crippen MR) is 54.5 cm³/mol. The summed E-state index contributed by atoms with van der Waals surface area (Å²) in [4.78, 5) is 11.4. The molecule has 0 aromatic heterocycles. The van der Waals surface area contributed by atoms with Gasteiger partial charge in [-0.2, -0.15) is 0 Å². The Morgan fingerprint density at radius 1 is 1.53 bits per heavy atom. The lowest BCUT2D eigenvalue weighted by Crippen LogP contribution is -2.35. The van der Waals surface area contributed by atoms with E-state index in [9.17, 15) is 4.79 Å². The summed E-state index contributed by atoms with van der Waals surface area (Å²) in [6.45, 7) is 2.26. The molecule has 1 heterocycles. The molecule has 88 valence electrons. The second kappa shape index (κ2) is 7.62. The topological polar surface area (TPSA) is 67.8 Å². The molecule has 15 heavy (non-hydrogen) atoms. The van der Waals surface area contributed by atoms with Gasteiger partial charge in [-0.25, -0.2) is 0 Å². The zero-order valence-electron chi connectivity index (χ0n) is 8.91. The van der Waals surface area contributed by atoms with Gasteiger partial charge >= 0.3 is 0 Å². The molecule has 0 radical (unpaired) electrons. The van der Waals surface area contributed by atoms with Crippen molar-refractivity contribution >= 4 is 5.91 Å². The van der Waals surface area contributed by atoms with E-state index >= 15 is 0 Å². The third-order valence-corrected chi connectivity index (χ3v) is 2.22. The number of carbonyl (C=O) groups excluding carboxylic acids is 1. The van der Waals surface area contributed by atoms with Crippen LogP contribution in [0.5, 0.6) is 0 Å². The Labute approximate surface area is 89.8 Å². The number of rotatable bonds is 7. The molecule has 1 fully saturated rings. The molecule has 1 aliphatic heterocycles. The molecule has 1 saturated heterocycles. The van der Waals surface area contributed by atoms with Crippen LogP contribution in [0.25, 0.3) is 0 Å². The first-order chi connectivity index (χ1) is 7.34. The van der Waals surface area contributed by atoms with Crippen LogP contribution in [0.1, 0.15) is 19.3 Å². The van der Waals surface area contributed by atoms with Crippen molar-refractivity contribution in [2.24, 2.45) is 0 Å². The summed E-state index contributed by atoms with van der Waals surface area (Å²) < 4.78 is 10.3. The Balaban J connectivity index is 1.92. The summed E-state index contributed by atoms with van der Waals surface area (Å²) in [7, 11) is 0. The molecule has 1 unspecified atom stereocenters. The average molecular weight is 217 g/mol. The van der Waals surface area contributed by atoms with E-state index in [2.05, 4.69) is 5.32 Å². The maximum atomic E-state index is 11.4. The lowest BCUT2D eigenvalue weighted by molar-refractivity contribution is -0.130. The van der Waals surface area contributed by atoms with Gasteiger partial charge in [0.05, 0.1) is 13.2 Å². The molecule has 0 aromatic carbocycles. The van der Waals surface area contributed by atoms with Gasteiger partial charge in [-0.15, -0.1) is 0 Å². The van der Waals surface area contributed by atoms with Crippen LogP contribution in [0.4, 0.5) is 0 Å². The normalized spacial score (nSPS) is 20.5. The molecule has 1 atom stereocenters. The Morgan fingerprint density at radius 2 is 2.40 bits per heavy atom. The van der Waals surface area contributed by atoms with Crippen LogP contribution in [-0.4, -0.2) is 50.1 Å². The zero-order valence-corrected chi connectivity index (χ0v) is 8.91. The van der Waals surface area contributed by atoms with Crippen molar-refractivity contribution in [2.45, 2.75) is 25.4 Å². The number of amides is 1. The molecular weight excluding hydrogens is 198 g/mol. The summed E-state index contributed by atoms with van der Waals surface area (Å²) in [5.41, 5.74) is 0. The van der Waals surface area contributed by atoms with E-state index in [0.717, 1.165) is 19.3 Å². The van der Waals surface area contributed by atoms with Crippen molar-refractivity contribution in [1.29, 1.82) is 0 Å². The molecule has 5 heteroatoms. The first-order valence-electron chi connectivity index (χ1n) is 5.42. The van der Waals surface area contributed by atoms with Crippen molar-refractivity contribution < 1.29 is 19.4 Å². The predicted octanol–water partition coefficient (Wildman–Crippen LogP) is -0.319. The molecule has 5 nitrogen and oxygen atoms in total. The molecule has 0 bridgehead atoms. The summed E-state index contributed by atoms with van der Waals surface area (Å²) >= 11 is 0. The Bertz CT molecular complexity index is 180. The smallest absolute Gasteiger partial charge is 0.249 e. The van der Waals surface area contributed by atoms with Crippen molar-refractivity contribution in [3.05, 3.63) is 0 Å². The largest absolute Gasteiger partial charge is 0.394 e. The van der Waals surface area contributed by atoms with E-state index in [1.165, 1.54) is 0 Å². The van der Waals surface area contributed by atoms with E-state index in [4.69, 9.17) is 14.6 Å². The molecule has 1 aliphatic rings. The molecule has 0 spiro atoms. The van der Waals surface area contributed by atoms with Crippen LogP contribution in [0.3, 0.4) is 0 Å². The lowest BCUT2D eigenvalue weighted by Gasteiger charge is -2.10. The van der Waals surface area contributed by atoms with Gasteiger partial charge in [0.25, 0.3) is 0 Å². The van der Waals surface area contributed by atoms with Gasteiger partial charge in [0.2, 0.25) is 5.91 Å². The highest BCUT2D eigenvalue weighted by Crippen LogP contribution is 2.11. The molecule has 0 aromatic rings. The van der Waals surface area contributed by atoms with Crippen LogP contribution >= 0.6 is 0 Å². The maximum Gasteiger partial charge on any atom is 0.249 e. The Hall–Kier alpha value is -0.650. The van der Waals surface area contributed by atoms with Crippen LogP contribution in [0.15, 0.2) is 0 Å². The van der Waals surface area contributed by atoms with E-state index in [-0.39, 0.29) is 18.6 Å². The number of ether oxygens (including phenoxy) is 2. The molecular formula is C10H19NO4. The fraction of sp³-hybridized carbons (Fsp3) is 0.900. The van der Waals surface area contributed by atoms with Crippen molar-refractivity contribution in [3.63, 3.8) is 0 Å². The van der Waals surface area contributed by atoms with Crippen molar-refractivity contribution in [1.82, 2.24) is 5.32 Å². The van der Waals surface area contributed by atoms with Crippen LogP contribution in [-0.2, 0) is 14.3 Å². The minimum atomic E-state index is -0.247. The first kappa shape index (κ1) is 12.4. The average Bonchev–Trinajstić information content (AvgIpc) is 2.76. The number of hydrogen-bond acceptors (Lipinski definition) is 4. The van der Waals surface area contributed by atoms with E-state index in [1.54, 1.807) is 0 Å². The van der Waals surface area contributed by atoms with E-state index in [0.29, 0.717) is 26.4 Å². The molecule has 0 aliphatic carbocycles. The Morgan fingerprint density at radius 3 is 3.07 bits per heavy atom. The van der Waals surface area contributed by atoms with Gasteiger partial charge in [0.15, 0.2) is 0 Å². The molecule has 0 saturated carbocycles. The number of aliphatic hydroxyl groups excluding tert-OH is 1. The van der Waals surface area contributed by atoms with Crippen LogP contribution in [0.2, 0.25) is 0 Å². The quantitative estimate of drug-likeness (QED) is 0.574. The highest BCUT2D eigenvalue weighted by atomic mass is 16.5. The number of carbonyl (C=O) groups is 1. The SMILES string of the molecule is O=C(NCCCOCCO)C1CCCO1. The van der Waals surface area contributed by atoms with Crippen LogP contribution in [0, 0.1) is 0 Å². The maximum absolute atomic E-state index is 11.4. The third kappa shape index (κ3) is 5.11. The van der Waals surface area contributed by atoms with E-state index < -0.39 is 0 Å². The van der Waals surface area contributed by atoms with Gasteiger partial charge in [0.1, 0.15) is 6.10 Å². The number of nitrogens with one attached hydrogen (secondary N) is 1. The zero-order chi connectivity index (χ0) is 10.9. The molecule has 2 N–H and O–H groups in total. The summed E-state index contributed by atoms with van der Waals surface area (Å²) in [5.74, 6) is -0.0188. The van der Waals surface area contributed by atoms with Gasteiger partial charge in [0, 0.05) is 19.8 Å².